The highest BCUT2D eigenvalue weighted by Crippen LogP contribution is 2.42. The molecule has 0 spiro atoms. The molecule has 5 aromatic rings. The minimum absolute atomic E-state index is 0.701. The van der Waals surface area contributed by atoms with Gasteiger partial charge in [-0.2, -0.15) is 5.26 Å². The molecule has 1 aliphatic carbocycles. The van der Waals surface area contributed by atoms with E-state index in [1.165, 1.54) is 46.4 Å². The number of aryl methyl sites for hydroxylation is 2. The number of thiol groups is 1. The standard InChI is InChI=1S/C40H36N4S5/c1-4-9-26(35-10-7-16-46-35)18-29-21-39-33(43(29)14-5-2)23-37(48-39)27-12-13-31(32(20-27)42-45)38-24-34-40(49-38)22-30(44(34)15-6-3)19-28(25-41)36-11-8-17-47-36/h8,10-13,17-19,21-24,45H,5-7,14-16,20H2,1-3H3/b26-18+,28-19+,42-32+. The van der Waals surface area contributed by atoms with E-state index < -0.39 is 0 Å². The molecule has 4 nitrogen and oxygen atoms in total. The van der Waals surface area contributed by atoms with Crippen molar-refractivity contribution in [1.82, 2.24) is 9.13 Å². The van der Waals surface area contributed by atoms with Crippen LogP contribution in [-0.4, -0.2) is 20.6 Å². The third kappa shape index (κ3) is 6.76. The van der Waals surface area contributed by atoms with Gasteiger partial charge >= 0.3 is 0 Å². The maximum absolute atomic E-state index is 9.88. The highest BCUT2D eigenvalue weighted by molar-refractivity contribution is 8.03. The van der Waals surface area contributed by atoms with E-state index in [9.17, 15) is 5.26 Å². The molecule has 49 heavy (non-hydrogen) atoms. The Morgan fingerprint density at radius 3 is 2.24 bits per heavy atom. The second-order valence-electron chi connectivity index (χ2n) is 11.9. The van der Waals surface area contributed by atoms with E-state index in [1.807, 2.05) is 53.6 Å². The molecule has 6 heterocycles. The van der Waals surface area contributed by atoms with E-state index in [-0.39, 0.29) is 0 Å². The number of allylic oxidation sites excluding steroid dienone is 7. The van der Waals surface area contributed by atoms with Gasteiger partial charge in [0.2, 0.25) is 0 Å². The fraction of sp³-hybridized carbons (Fsp3) is 0.250. The molecule has 9 heteroatoms. The molecule has 0 unspecified atom stereocenters. The van der Waals surface area contributed by atoms with Gasteiger partial charge in [-0.25, -0.2) is 4.40 Å². The highest BCUT2D eigenvalue weighted by Gasteiger charge is 2.23. The zero-order valence-corrected chi connectivity index (χ0v) is 31.9. The molecule has 1 aliphatic heterocycles. The smallest absolute Gasteiger partial charge is 0.101 e. The number of aromatic nitrogens is 2. The van der Waals surface area contributed by atoms with E-state index in [0.717, 1.165) is 72.0 Å². The van der Waals surface area contributed by atoms with E-state index >= 15 is 0 Å². The van der Waals surface area contributed by atoms with Crippen LogP contribution < -0.4 is 0 Å². The molecule has 2 aliphatic rings. The second kappa shape index (κ2) is 15.0. The van der Waals surface area contributed by atoms with Gasteiger partial charge in [-0.15, -0.1) is 51.7 Å². The number of fused-ring (bicyclic) bond motifs is 2. The second-order valence-corrected chi connectivity index (χ2v) is 16.4. The maximum Gasteiger partial charge on any atom is 0.101 e. The van der Waals surface area contributed by atoms with Crippen molar-refractivity contribution >= 4 is 114 Å². The predicted octanol–water partition coefficient (Wildman–Crippen LogP) is 12.2. The lowest BCUT2D eigenvalue weighted by Gasteiger charge is -2.15. The molecule has 7 rings (SSSR count). The third-order valence-electron chi connectivity index (χ3n) is 8.68. The Morgan fingerprint density at radius 2 is 1.65 bits per heavy atom. The molecule has 0 atom stereocenters. The maximum atomic E-state index is 9.88. The van der Waals surface area contributed by atoms with Crippen LogP contribution in [0, 0.1) is 23.2 Å². The summed E-state index contributed by atoms with van der Waals surface area (Å²) in [5.41, 5.74) is 9.99. The van der Waals surface area contributed by atoms with Crippen molar-refractivity contribution in [2.45, 2.75) is 59.5 Å². The largest absolute Gasteiger partial charge is 0.340 e. The summed E-state index contributed by atoms with van der Waals surface area (Å²) in [6, 6.07) is 15.6. The van der Waals surface area contributed by atoms with Gasteiger partial charge in [0.15, 0.2) is 0 Å². The Labute approximate surface area is 310 Å². The van der Waals surface area contributed by atoms with Crippen LogP contribution >= 0.6 is 58.6 Å². The zero-order chi connectivity index (χ0) is 33.9. The average Bonchev–Trinajstić information content (AvgIpc) is 3.96. The molecule has 0 saturated carbocycles. The summed E-state index contributed by atoms with van der Waals surface area (Å²) in [5, 5.41) is 11.9. The number of nitrogens with zero attached hydrogens (tertiary/aromatic N) is 4. The summed E-state index contributed by atoms with van der Waals surface area (Å²) >= 11 is 11.6. The first-order valence-corrected chi connectivity index (χ1v) is 20.5. The molecule has 5 aromatic heterocycles. The number of rotatable bonds is 10. The Balaban J connectivity index is 1.22. The molecule has 0 bridgehead atoms. The molecule has 0 fully saturated rings. The summed E-state index contributed by atoms with van der Waals surface area (Å²) in [6.07, 6.45) is 15.0. The first kappa shape index (κ1) is 33.8. The minimum atomic E-state index is 0.701. The van der Waals surface area contributed by atoms with Crippen molar-refractivity contribution in [3.63, 3.8) is 0 Å². The molecular formula is C40H36N4S5. The van der Waals surface area contributed by atoms with Crippen molar-refractivity contribution in [2.75, 3.05) is 5.75 Å². The SMILES string of the molecule is CC#C/C(=C\c1cc2sc(C3=CC=C(c4cc5c(cc(/C=C(\C#N)c6cccs6)n5CCC)s4)/C(=N/S)C3)cc2n1CCC)C1=CCCS1. The Kier molecular flexibility index (Phi) is 10.4. The summed E-state index contributed by atoms with van der Waals surface area (Å²) in [6.45, 7) is 8.21. The number of thioether (sulfide) groups is 1. The van der Waals surface area contributed by atoms with Gasteiger partial charge in [-0.3, -0.25) is 0 Å². The monoisotopic (exact) mass is 732 g/mol. The topological polar surface area (TPSA) is 46.0 Å². The van der Waals surface area contributed by atoms with Crippen LogP contribution in [0.2, 0.25) is 0 Å². The van der Waals surface area contributed by atoms with Gasteiger partial charge in [0.05, 0.1) is 31.7 Å². The Morgan fingerprint density at radius 1 is 0.959 bits per heavy atom. The molecule has 0 radical (unpaired) electrons. The lowest BCUT2D eigenvalue weighted by Crippen LogP contribution is -2.05. The number of nitriles is 1. The van der Waals surface area contributed by atoms with E-state index in [1.54, 1.807) is 22.7 Å². The van der Waals surface area contributed by atoms with Crippen LogP contribution in [0.15, 0.2) is 74.9 Å². The van der Waals surface area contributed by atoms with Gasteiger partial charge in [-0.05, 0) is 92.4 Å². The molecule has 0 aromatic carbocycles. The Hall–Kier alpha value is -3.70. The van der Waals surface area contributed by atoms with Crippen molar-refractivity contribution in [3.8, 4) is 17.9 Å². The van der Waals surface area contributed by atoms with E-state index in [2.05, 4.69) is 107 Å². The lowest BCUT2D eigenvalue weighted by molar-refractivity contribution is 0.698. The van der Waals surface area contributed by atoms with E-state index in [0.29, 0.717) is 5.57 Å². The molecule has 0 amide bonds. The van der Waals surface area contributed by atoms with Crippen LogP contribution in [0.3, 0.4) is 0 Å². The molecule has 246 valence electrons. The molecular weight excluding hydrogens is 697 g/mol. The first-order valence-electron chi connectivity index (χ1n) is 16.6. The van der Waals surface area contributed by atoms with Crippen molar-refractivity contribution in [1.29, 1.82) is 5.26 Å². The van der Waals surface area contributed by atoms with Crippen LogP contribution in [0.5, 0.6) is 0 Å². The normalized spacial score (nSPS) is 16.2. The Bertz CT molecular complexity index is 2340. The predicted molar refractivity (Wildman–Crippen MR) is 222 cm³/mol. The third-order valence-corrected chi connectivity index (χ3v) is 13.2. The number of hydrogen-bond acceptors (Lipinski definition) is 7. The lowest BCUT2D eigenvalue weighted by atomic mass is 9.94. The highest BCUT2D eigenvalue weighted by atomic mass is 32.2. The quantitative estimate of drug-likeness (QED) is 0.0883. The summed E-state index contributed by atoms with van der Waals surface area (Å²) in [5.74, 6) is 7.63. The van der Waals surface area contributed by atoms with Crippen LogP contribution in [0.1, 0.15) is 72.5 Å². The van der Waals surface area contributed by atoms with Crippen molar-refractivity contribution in [2.24, 2.45) is 4.40 Å². The molecule has 0 saturated heterocycles. The first-order chi connectivity index (χ1) is 24.0. The van der Waals surface area contributed by atoms with Crippen LogP contribution in [0.25, 0.3) is 49.3 Å². The zero-order valence-electron chi connectivity index (χ0n) is 27.7. The fourth-order valence-electron chi connectivity index (χ4n) is 6.49. The van der Waals surface area contributed by atoms with Gasteiger partial charge in [-0.1, -0.05) is 44.1 Å². The van der Waals surface area contributed by atoms with Crippen molar-refractivity contribution < 1.29 is 0 Å². The number of hydrogen-bond donors (Lipinski definition) is 1. The van der Waals surface area contributed by atoms with Gasteiger partial charge in [0.25, 0.3) is 0 Å². The van der Waals surface area contributed by atoms with E-state index in [4.69, 9.17) is 0 Å². The summed E-state index contributed by atoms with van der Waals surface area (Å²) < 4.78 is 11.8. The summed E-state index contributed by atoms with van der Waals surface area (Å²) in [4.78, 5) is 4.77. The fourth-order valence-corrected chi connectivity index (χ4v) is 10.6. The van der Waals surface area contributed by atoms with Crippen LogP contribution in [0.4, 0.5) is 0 Å². The number of thiophene rings is 3. The van der Waals surface area contributed by atoms with Crippen molar-refractivity contribution in [3.05, 3.63) is 96.5 Å². The average molecular weight is 733 g/mol. The van der Waals surface area contributed by atoms with Gasteiger partial charge in [0, 0.05) is 67.3 Å². The van der Waals surface area contributed by atoms with Gasteiger partial charge in [0.1, 0.15) is 6.07 Å². The van der Waals surface area contributed by atoms with Gasteiger partial charge < -0.3 is 9.13 Å². The molecule has 0 N–H and O–H groups in total. The summed E-state index contributed by atoms with van der Waals surface area (Å²) in [7, 11) is 0. The minimum Gasteiger partial charge on any atom is -0.340 e. The van der Waals surface area contributed by atoms with Crippen LogP contribution in [-0.2, 0) is 13.1 Å².